The van der Waals surface area contributed by atoms with Gasteiger partial charge in [0.2, 0.25) is 0 Å². The Morgan fingerprint density at radius 3 is 2.44 bits per heavy atom. The Balaban J connectivity index is 2.27. The van der Waals surface area contributed by atoms with E-state index in [1.54, 1.807) is 25.3 Å². The molecule has 0 saturated heterocycles. The molecule has 0 aliphatic rings. The quantitative estimate of drug-likeness (QED) is 0.907. The summed E-state index contributed by atoms with van der Waals surface area (Å²) in [6.07, 6.45) is 0.533. The van der Waals surface area contributed by atoms with Crippen molar-refractivity contribution in [2.24, 2.45) is 0 Å². The van der Waals surface area contributed by atoms with Crippen molar-refractivity contribution in [3.63, 3.8) is 0 Å². The highest BCUT2D eigenvalue weighted by molar-refractivity contribution is 5.26. The van der Waals surface area contributed by atoms with E-state index in [0.717, 1.165) is 0 Å². The van der Waals surface area contributed by atoms with Crippen LogP contribution in [0.15, 0.2) is 36.5 Å². The molecule has 1 N–H and O–H groups in total. The van der Waals surface area contributed by atoms with Gasteiger partial charge in [-0.25, -0.2) is 8.78 Å². The second-order valence-electron chi connectivity index (χ2n) is 4.10. The third-order valence-electron chi connectivity index (χ3n) is 2.87. The van der Waals surface area contributed by atoms with Gasteiger partial charge in [-0.2, -0.15) is 0 Å². The number of hydrogen-bond acceptors (Lipinski definition) is 2. The second-order valence-corrected chi connectivity index (χ2v) is 4.10. The van der Waals surface area contributed by atoms with Crippen LogP contribution in [0.2, 0.25) is 0 Å². The molecule has 94 valence electrons. The normalized spacial score (nSPS) is 12.4. The number of rotatable bonds is 3. The largest absolute Gasteiger partial charge is 0.388 e. The first-order valence-corrected chi connectivity index (χ1v) is 5.62. The first-order chi connectivity index (χ1) is 8.59. The monoisotopic (exact) mass is 249 g/mol. The van der Waals surface area contributed by atoms with E-state index in [9.17, 15) is 13.9 Å². The number of pyridine rings is 1. The molecule has 1 unspecified atom stereocenters. The van der Waals surface area contributed by atoms with Crippen LogP contribution in [0.4, 0.5) is 8.78 Å². The van der Waals surface area contributed by atoms with Crippen molar-refractivity contribution < 1.29 is 13.9 Å². The number of benzene rings is 1. The average Bonchev–Trinajstić information content (AvgIpc) is 2.34. The van der Waals surface area contributed by atoms with Gasteiger partial charge in [0.15, 0.2) is 0 Å². The fourth-order valence-corrected chi connectivity index (χ4v) is 1.88. The summed E-state index contributed by atoms with van der Waals surface area (Å²) in [5.41, 5.74) is 1.13. The van der Waals surface area contributed by atoms with Crippen LogP contribution in [0, 0.1) is 18.6 Å². The lowest BCUT2D eigenvalue weighted by Gasteiger charge is -2.13. The van der Waals surface area contributed by atoms with Crippen molar-refractivity contribution in [2.45, 2.75) is 19.4 Å². The third kappa shape index (κ3) is 2.54. The Morgan fingerprint density at radius 2 is 1.83 bits per heavy atom. The van der Waals surface area contributed by atoms with Gasteiger partial charge in [-0.15, -0.1) is 0 Å². The van der Waals surface area contributed by atoms with Gasteiger partial charge >= 0.3 is 0 Å². The summed E-state index contributed by atoms with van der Waals surface area (Å²) in [4.78, 5) is 4.04. The van der Waals surface area contributed by atoms with Gasteiger partial charge in [-0.1, -0.05) is 12.1 Å². The Kier molecular flexibility index (Phi) is 3.67. The van der Waals surface area contributed by atoms with Gasteiger partial charge in [0, 0.05) is 29.4 Å². The average molecular weight is 249 g/mol. The summed E-state index contributed by atoms with van der Waals surface area (Å²) < 4.78 is 26.9. The molecular formula is C14H13F2NO. The van der Waals surface area contributed by atoms with Crippen LogP contribution in [-0.4, -0.2) is 10.1 Å². The molecule has 1 heterocycles. The molecule has 2 aromatic rings. The van der Waals surface area contributed by atoms with Crippen molar-refractivity contribution in [1.82, 2.24) is 4.98 Å². The number of nitrogens with zero attached hydrogens (tertiary/aromatic N) is 1. The molecule has 1 aromatic carbocycles. The molecule has 0 saturated carbocycles. The van der Waals surface area contributed by atoms with E-state index >= 15 is 0 Å². The zero-order chi connectivity index (χ0) is 13.1. The van der Waals surface area contributed by atoms with Crippen LogP contribution in [-0.2, 0) is 6.42 Å². The lowest BCUT2D eigenvalue weighted by molar-refractivity contribution is 0.174. The predicted molar refractivity (Wildman–Crippen MR) is 64.0 cm³/mol. The number of aliphatic hydroxyl groups is 1. The van der Waals surface area contributed by atoms with Crippen LogP contribution in [0.3, 0.4) is 0 Å². The van der Waals surface area contributed by atoms with Gasteiger partial charge in [0.1, 0.15) is 11.6 Å². The van der Waals surface area contributed by atoms with E-state index in [1.165, 1.54) is 18.2 Å². The number of aromatic nitrogens is 1. The summed E-state index contributed by atoms with van der Waals surface area (Å²) in [6, 6.07) is 7.05. The van der Waals surface area contributed by atoms with Crippen molar-refractivity contribution in [3.05, 3.63) is 65.0 Å². The summed E-state index contributed by atoms with van der Waals surface area (Å²) in [5, 5.41) is 10.0. The molecule has 0 aliphatic carbocycles. The van der Waals surface area contributed by atoms with Crippen LogP contribution >= 0.6 is 0 Å². The molecule has 1 atom stereocenters. The fraction of sp³-hybridized carbons (Fsp3) is 0.214. The zero-order valence-electron chi connectivity index (χ0n) is 9.90. The van der Waals surface area contributed by atoms with Gasteiger partial charge < -0.3 is 5.11 Å². The van der Waals surface area contributed by atoms with Crippen molar-refractivity contribution in [1.29, 1.82) is 0 Å². The standard InChI is InChI=1S/C14H13F2NO/c1-9-10(4-3-7-17-9)14(18)8-11-12(15)5-2-6-13(11)16/h2-7,14,18H,8H2,1H3. The maximum absolute atomic E-state index is 13.5. The lowest BCUT2D eigenvalue weighted by Crippen LogP contribution is -2.07. The highest BCUT2D eigenvalue weighted by atomic mass is 19.1. The van der Waals surface area contributed by atoms with Crippen molar-refractivity contribution >= 4 is 0 Å². The number of aliphatic hydroxyl groups excluding tert-OH is 1. The zero-order valence-corrected chi connectivity index (χ0v) is 9.90. The maximum atomic E-state index is 13.5. The minimum Gasteiger partial charge on any atom is -0.388 e. The second kappa shape index (κ2) is 5.23. The highest BCUT2D eigenvalue weighted by Crippen LogP contribution is 2.23. The molecule has 0 fully saturated rings. The molecule has 0 radical (unpaired) electrons. The summed E-state index contributed by atoms with van der Waals surface area (Å²) in [6.45, 7) is 1.75. The molecule has 0 spiro atoms. The first-order valence-electron chi connectivity index (χ1n) is 5.62. The topological polar surface area (TPSA) is 33.1 Å². The lowest BCUT2D eigenvalue weighted by atomic mass is 10.00. The van der Waals surface area contributed by atoms with Crippen LogP contribution in [0.25, 0.3) is 0 Å². The Hall–Kier alpha value is -1.81. The third-order valence-corrected chi connectivity index (χ3v) is 2.87. The maximum Gasteiger partial charge on any atom is 0.129 e. The molecular weight excluding hydrogens is 236 g/mol. The number of halogens is 2. The number of aryl methyl sites for hydroxylation is 1. The highest BCUT2D eigenvalue weighted by Gasteiger charge is 2.16. The van der Waals surface area contributed by atoms with Crippen LogP contribution < -0.4 is 0 Å². The van der Waals surface area contributed by atoms with Gasteiger partial charge in [0.05, 0.1) is 6.10 Å². The Labute approximate surface area is 104 Å². The van der Waals surface area contributed by atoms with Gasteiger partial charge in [-0.05, 0) is 25.1 Å². The summed E-state index contributed by atoms with van der Waals surface area (Å²) >= 11 is 0. The van der Waals surface area contributed by atoms with Gasteiger partial charge in [0.25, 0.3) is 0 Å². The Morgan fingerprint density at radius 1 is 1.17 bits per heavy atom. The van der Waals surface area contributed by atoms with E-state index in [0.29, 0.717) is 11.3 Å². The van der Waals surface area contributed by atoms with Gasteiger partial charge in [-0.3, -0.25) is 4.98 Å². The van der Waals surface area contributed by atoms with E-state index in [-0.39, 0.29) is 12.0 Å². The van der Waals surface area contributed by atoms with E-state index in [1.807, 2.05) is 0 Å². The predicted octanol–water partition coefficient (Wildman–Crippen LogP) is 2.94. The minimum atomic E-state index is -0.968. The Bertz CT molecular complexity index is 537. The molecule has 0 aliphatic heterocycles. The molecule has 2 rings (SSSR count). The van der Waals surface area contributed by atoms with E-state index < -0.39 is 17.7 Å². The van der Waals surface area contributed by atoms with Crippen LogP contribution in [0.5, 0.6) is 0 Å². The van der Waals surface area contributed by atoms with Crippen LogP contribution in [0.1, 0.15) is 22.9 Å². The number of hydrogen-bond donors (Lipinski definition) is 1. The smallest absolute Gasteiger partial charge is 0.129 e. The molecule has 18 heavy (non-hydrogen) atoms. The molecule has 0 amide bonds. The summed E-state index contributed by atoms with van der Waals surface area (Å²) in [5.74, 6) is -1.29. The molecule has 1 aromatic heterocycles. The van der Waals surface area contributed by atoms with E-state index in [2.05, 4.69) is 4.98 Å². The fourth-order valence-electron chi connectivity index (χ4n) is 1.88. The first kappa shape index (κ1) is 12.6. The molecule has 0 bridgehead atoms. The van der Waals surface area contributed by atoms with Crippen molar-refractivity contribution in [3.8, 4) is 0 Å². The van der Waals surface area contributed by atoms with E-state index in [4.69, 9.17) is 0 Å². The molecule has 2 nitrogen and oxygen atoms in total. The van der Waals surface area contributed by atoms with Crippen molar-refractivity contribution in [2.75, 3.05) is 0 Å². The minimum absolute atomic E-state index is 0.103. The summed E-state index contributed by atoms with van der Waals surface area (Å²) in [7, 11) is 0. The molecule has 4 heteroatoms. The SMILES string of the molecule is Cc1ncccc1C(O)Cc1c(F)cccc1F.